The standard InChI is InChI=1S/C14H27N3O/c1-4-7-14(18)11-15-10-12-8-9-17(16-12)13(5-2)6-3/h8-9,13-15,18H,4-7,10-11H2,1-3H3. The van der Waals surface area contributed by atoms with Gasteiger partial charge in [0.2, 0.25) is 0 Å². The van der Waals surface area contributed by atoms with Crippen molar-refractivity contribution in [2.24, 2.45) is 0 Å². The van der Waals surface area contributed by atoms with E-state index in [0.717, 1.165) is 37.9 Å². The van der Waals surface area contributed by atoms with Gasteiger partial charge in [0.1, 0.15) is 0 Å². The Morgan fingerprint density at radius 3 is 2.67 bits per heavy atom. The van der Waals surface area contributed by atoms with Gasteiger partial charge in [0.25, 0.3) is 0 Å². The number of aliphatic hydroxyl groups is 1. The Bertz CT molecular complexity index is 321. The Morgan fingerprint density at radius 1 is 1.33 bits per heavy atom. The van der Waals surface area contributed by atoms with Crippen LogP contribution in [0.4, 0.5) is 0 Å². The third-order valence-electron chi connectivity index (χ3n) is 3.29. The molecule has 0 radical (unpaired) electrons. The van der Waals surface area contributed by atoms with E-state index < -0.39 is 0 Å². The van der Waals surface area contributed by atoms with Crippen molar-refractivity contribution in [3.8, 4) is 0 Å². The van der Waals surface area contributed by atoms with Crippen molar-refractivity contribution >= 4 is 0 Å². The van der Waals surface area contributed by atoms with Gasteiger partial charge < -0.3 is 10.4 Å². The summed E-state index contributed by atoms with van der Waals surface area (Å²) in [4.78, 5) is 0. The van der Waals surface area contributed by atoms with Crippen LogP contribution in [0, 0.1) is 0 Å². The van der Waals surface area contributed by atoms with Crippen molar-refractivity contribution in [3.05, 3.63) is 18.0 Å². The Balaban J connectivity index is 2.35. The lowest BCUT2D eigenvalue weighted by molar-refractivity contribution is 0.160. The Kier molecular flexibility index (Phi) is 6.98. The maximum absolute atomic E-state index is 9.61. The molecule has 0 saturated heterocycles. The minimum Gasteiger partial charge on any atom is -0.392 e. The molecule has 1 heterocycles. The minimum absolute atomic E-state index is 0.240. The third kappa shape index (κ3) is 4.78. The largest absolute Gasteiger partial charge is 0.392 e. The summed E-state index contributed by atoms with van der Waals surface area (Å²) in [6.45, 7) is 7.84. The first-order valence-electron chi connectivity index (χ1n) is 7.14. The van der Waals surface area contributed by atoms with Crippen LogP contribution in [0.25, 0.3) is 0 Å². The summed E-state index contributed by atoms with van der Waals surface area (Å²) in [6, 6.07) is 2.56. The number of hydrogen-bond donors (Lipinski definition) is 2. The second kappa shape index (κ2) is 8.27. The summed E-state index contributed by atoms with van der Waals surface area (Å²) < 4.78 is 2.06. The molecule has 0 aliphatic heterocycles. The van der Waals surface area contributed by atoms with Crippen LogP contribution in [-0.4, -0.2) is 27.5 Å². The van der Waals surface area contributed by atoms with E-state index in [-0.39, 0.29) is 6.10 Å². The molecular weight excluding hydrogens is 226 g/mol. The molecule has 4 heteroatoms. The maximum Gasteiger partial charge on any atom is 0.0762 e. The molecule has 0 aromatic carbocycles. The van der Waals surface area contributed by atoms with E-state index in [1.807, 2.05) is 0 Å². The molecule has 18 heavy (non-hydrogen) atoms. The van der Waals surface area contributed by atoms with Crippen molar-refractivity contribution in [1.29, 1.82) is 0 Å². The zero-order valence-electron chi connectivity index (χ0n) is 11.9. The second-order valence-corrected chi connectivity index (χ2v) is 4.83. The van der Waals surface area contributed by atoms with Gasteiger partial charge in [-0.25, -0.2) is 0 Å². The predicted octanol–water partition coefficient (Wildman–Crippen LogP) is 2.49. The topological polar surface area (TPSA) is 50.1 Å². The van der Waals surface area contributed by atoms with Crippen LogP contribution in [-0.2, 0) is 6.54 Å². The quantitative estimate of drug-likeness (QED) is 0.711. The van der Waals surface area contributed by atoms with Gasteiger partial charge in [-0.15, -0.1) is 0 Å². The van der Waals surface area contributed by atoms with E-state index in [0.29, 0.717) is 12.6 Å². The van der Waals surface area contributed by atoms with Gasteiger partial charge in [0.05, 0.1) is 17.8 Å². The summed E-state index contributed by atoms with van der Waals surface area (Å²) in [6.07, 6.45) is 5.91. The fraction of sp³-hybridized carbons (Fsp3) is 0.786. The molecule has 0 aliphatic carbocycles. The van der Waals surface area contributed by atoms with Gasteiger partial charge in [-0.3, -0.25) is 4.68 Å². The number of nitrogens with zero attached hydrogens (tertiary/aromatic N) is 2. The highest BCUT2D eigenvalue weighted by Crippen LogP contribution is 2.14. The van der Waals surface area contributed by atoms with E-state index in [4.69, 9.17) is 0 Å². The fourth-order valence-electron chi connectivity index (χ4n) is 2.14. The van der Waals surface area contributed by atoms with Gasteiger partial charge in [-0.1, -0.05) is 27.2 Å². The molecule has 1 aromatic heterocycles. The highest BCUT2D eigenvalue weighted by atomic mass is 16.3. The van der Waals surface area contributed by atoms with Crippen molar-refractivity contribution < 1.29 is 5.11 Å². The predicted molar refractivity (Wildman–Crippen MR) is 74.5 cm³/mol. The molecular formula is C14H27N3O. The molecule has 2 N–H and O–H groups in total. The van der Waals surface area contributed by atoms with Crippen LogP contribution in [0.1, 0.15) is 58.2 Å². The second-order valence-electron chi connectivity index (χ2n) is 4.83. The molecule has 1 aromatic rings. The first kappa shape index (κ1) is 15.2. The Hall–Kier alpha value is -0.870. The molecule has 1 atom stereocenters. The molecule has 0 amide bonds. The number of nitrogens with one attached hydrogen (secondary N) is 1. The van der Waals surface area contributed by atoms with Crippen LogP contribution >= 0.6 is 0 Å². The van der Waals surface area contributed by atoms with E-state index in [2.05, 4.69) is 48.1 Å². The van der Waals surface area contributed by atoms with Crippen molar-refractivity contribution in [1.82, 2.24) is 15.1 Å². The van der Waals surface area contributed by atoms with E-state index in [1.165, 1.54) is 0 Å². The summed E-state index contributed by atoms with van der Waals surface area (Å²) in [5.74, 6) is 0. The zero-order valence-corrected chi connectivity index (χ0v) is 11.9. The molecule has 0 spiro atoms. The van der Waals surface area contributed by atoms with Crippen molar-refractivity contribution in [2.75, 3.05) is 6.54 Å². The van der Waals surface area contributed by atoms with Gasteiger partial charge in [0, 0.05) is 19.3 Å². The SMILES string of the molecule is CCCC(O)CNCc1ccn(C(CC)CC)n1. The number of hydrogen-bond acceptors (Lipinski definition) is 3. The Labute approximate surface area is 110 Å². The van der Waals surface area contributed by atoms with Crippen molar-refractivity contribution in [3.63, 3.8) is 0 Å². The van der Waals surface area contributed by atoms with Gasteiger partial charge in [-0.2, -0.15) is 5.10 Å². The molecule has 1 rings (SSSR count). The molecule has 4 nitrogen and oxygen atoms in total. The smallest absolute Gasteiger partial charge is 0.0762 e. The Morgan fingerprint density at radius 2 is 2.06 bits per heavy atom. The van der Waals surface area contributed by atoms with Gasteiger partial charge in [0.15, 0.2) is 0 Å². The number of aliphatic hydroxyl groups excluding tert-OH is 1. The third-order valence-corrected chi connectivity index (χ3v) is 3.29. The van der Waals surface area contributed by atoms with Crippen LogP contribution in [0.5, 0.6) is 0 Å². The molecule has 1 unspecified atom stereocenters. The lowest BCUT2D eigenvalue weighted by atomic mass is 10.2. The highest BCUT2D eigenvalue weighted by Gasteiger charge is 2.08. The minimum atomic E-state index is -0.240. The van der Waals surface area contributed by atoms with Crippen LogP contribution < -0.4 is 5.32 Å². The molecule has 0 bridgehead atoms. The molecule has 0 aliphatic rings. The van der Waals surface area contributed by atoms with Gasteiger partial charge in [-0.05, 0) is 25.3 Å². The molecule has 104 valence electrons. The summed E-state index contributed by atoms with van der Waals surface area (Å²) in [5, 5.41) is 17.4. The highest BCUT2D eigenvalue weighted by molar-refractivity contribution is 4.99. The van der Waals surface area contributed by atoms with Crippen LogP contribution in [0.15, 0.2) is 12.3 Å². The normalized spacial score (nSPS) is 13.2. The maximum atomic E-state index is 9.61. The monoisotopic (exact) mass is 253 g/mol. The summed E-state index contributed by atoms with van der Waals surface area (Å²) >= 11 is 0. The van der Waals surface area contributed by atoms with Gasteiger partial charge >= 0.3 is 0 Å². The zero-order chi connectivity index (χ0) is 13.4. The summed E-state index contributed by atoms with van der Waals surface area (Å²) in [5.41, 5.74) is 1.05. The van der Waals surface area contributed by atoms with E-state index in [9.17, 15) is 5.11 Å². The lowest BCUT2D eigenvalue weighted by Crippen LogP contribution is -2.26. The molecule has 0 saturated carbocycles. The summed E-state index contributed by atoms with van der Waals surface area (Å²) in [7, 11) is 0. The number of rotatable bonds is 9. The first-order chi connectivity index (χ1) is 8.71. The first-order valence-corrected chi connectivity index (χ1v) is 7.14. The van der Waals surface area contributed by atoms with Crippen LogP contribution in [0.3, 0.4) is 0 Å². The van der Waals surface area contributed by atoms with E-state index in [1.54, 1.807) is 0 Å². The fourth-order valence-corrected chi connectivity index (χ4v) is 2.14. The molecule has 0 fully saturated rings. The average molecular weight is 253 g/mol. The average Bonchev–Trinajstić information content (AvgIpc) is 2.80. The van der Waals surface area contributed by atoms with E-state index >= 15 is 0 Å². The number of aromatic nitrogens is 2. The van der Waals surface area contributed by atoms with Crippen LogP contribution in [0.2, 0.25) is 0 Å². The lowest BCUT2D eigenvalue weighted by Gasteiger charge is -2.12. The van der Waals surface area contributed by atoms with Crippen molar-refractivity contribution in [2.45, 2.75) is 65.1 Å².